The molecular weight excluding hydrogens is 382 g/mol. The number of halogens is 1. The van der Waals surface area contributed by atoms with E-state index >= 15 is 0 Å². The number of anilines is 1. The topological polar surface area (TPSA) is 99.0 Å². The van der Waals surface area contributed by atoms with E-state index in [-0.39, 0.29) is 11.7 Å². The van der Waals surface area contributed by atoms with Crippen LogP contribution in [0, 0.1) is 0 Å². The van der Waals surface area contributed by atoms with Crippen molar-refractivity contribution in [3.63, 3.8) is 0 Å². The van der Waals surface area contributed by atoms with E-state index in [0.29, 0.717) is 16.7 Å². The SMILES string of the molecule is Nn1c(SCC(=O)Nc2cccc(Br)c2)nnc1-c1ccco1. The van der Waals surface area contributed by atoms with E-state index in [2.05, 4.69) is 31.4 Å². The summed E-state index contributed by atoms with van der Waals surface area (Å²) >= 11 is 4.55. The summed E-state index contributed by atoms with van der Waals surface area (Å²) in [6.07, 6.45) is 1.53. The molecule has 0 spiro atoms. The lowest BCUT2D eigenvalue weighted by atomic mass is 10.3. The van der Waals surface area contributed by atoms with Gasteiger partial charge in [0.05, 0.1) is 12.0 Å². The molecule has 3 N–H and O–H groups in total. The molecule has 2 heterocycles. The number of nitrogens with one attached hydrogen (secondary N) is 1. The maximum Gasteiger partial charge on any atom is 0.234 e. The highest BCUT2D eigenvalue weighted by atomic mass is 79.9. The number of thioether (sulfide) groups is 1. The highest BCUT2D eigenvalue weighted by Gasteiger charge is 2.15. The van der Waals surface area contributed by atoms with Gasteiger partial charge in [-0.05, 0) is 30.3 Å². The van der Waals surface area contributed by atoms with E-state index in [9.17, 15) is 4.79 Å². The van der Waals surface area contributed by atoms with Crippen LogP contribution in [0.4, 0.5) is 5.69 Å². The first kappa shape index (κ1) is 15.6. The summed E-state index contributed by atoms with van der Waals surface area (Å²) in [6.45, 7) is 0. The second-order valence-electron chi connectivity index (χ2n) is 4.50. The summed E-state index contributed by atoms with van der Waals surface area (Å²) < 4.78 is 7.43. The van der Waals surface area contributed by atoms with E-state index in [1.807, 2.05) is 24.3 Å². The highest BCUT2D eigenvalue weighted by molar-refractivity contribution is 9.10. The van der Waals surface area contributed by atoms with E-state index in [4.69, 9.17) is 10.3 Å². The Morgan fingerprint density at radius 1 is 1.35 bits per heavy atom. The number of carbonyl (C=O) groups excluding carboxylic acids is 1. The van der Waals surface area contributed by atoms with Crippen LogP contribution < -0.4 is 11.2 Å². The number of nitrogens with zero attached hydrogens (tertiary/aromatic N) is 3. The Bertz CT molecular complexity index is 818. The lowest BCUT2D eigenvalue weighted by molar-refractivity contribution is -0.113. The largest absolute Gasteiger partial charge is 0.461 e. The summed E-state index contributed by atoms with van der Waals surface area (Å²) in [6, 6.07) is 10.8. The number of aromatic nitrogens is 3. The lowest BCUT2D eigenvalue weighted by Crippen LogP contribution is -2.16. The Kier molecular flexibility index (Phi) is 4.68. The van der Waals surface area contributed by atoms with Gasteiger partial charge in [-0.1, -0.05) is 33.8 Å². The maximum absolute atomic E-state index is 12.0. The van der Waals surface area contributed by atoms with Crippen molar-refractivity contribution >= 4 is 39.3 Å². The van der Waals surface area contributed by atoms with E-state index < -0.39 is 0 Å². The number of hydrogen-bond acceptors (Lipinski definition) is 6. The smallest absolute Gasteiger partial charge is 0.234 e. The van der Waals surface area contributed by atoms with Crippen LogP contribution in [0.15, 0.2) is 56.7 Å². The monoisotopic (exact) mass is 393 g/mol. The van der Waals surface area contributed by atoms with Gasteiger partial charge in [-0.3, -0.25) is 4.79 Å². The molecule has 0 saturated carbocycles. The number of rotatable bonds is 5. The van der Waals surface area contributed by atoms with Gasteiger partial charge in [0.2, 0.25) is 16.9 Å². The molecule has 1 aromatic carbocycles. The average Bonchev–Trinajstić information content (AvgIpc) is 3.15. The van der Waals surface area contributed by atoms with Crippen LogP contribution in [0.25, 0.3) is 11.6 Å². The molecule has 0 bridgehead atoms. The molecule has 0 atom stereocenters. The van der Waals surface area contributed by atoms with Crippen molar-refractivity contribution in [2.24, 2.45) is 0 Å². The van der Waals surface area contributed by atoms with E-state index in [0.717, 1.165) is 10.2 Å². The Labute approximate surface area is 144 Å². The average molecular weight is 394 g/mol. The minimum absolute atomic E-state index is 0.157. The first-order valence-corrected chi connectivity index (χ1v) is 8.34. The zero-order chi connectivity index (χ0) is 16.2. The highest BCUT2D eigenvalue weighted by Crippen LogP contribution is 2.22. The third-order valence-corrected chi connectivity index (χ3v) is 4.28. The molecule has 0 aliphatic heterocycles. The fourth-order valence-electron chi connectivity index (χ4n) is 1.84. The van der Waals surface area contributed by atoms with Crippen molar-refractivity contribution < 1.29 is 9.21 Å². The Morgan fingerprint density at radius 2 is 2.22 bits per heavy atom. The third kappa shape index (κ3) is 3.74. The van der Waals surface area contributed by atoms with Gasteiger partial charge < -0.3 is 15.6 Å². The number of hydrogen-bond donors (Lipinski definition) is 2. The molecule has 3 aromatic rings. The molecule has 2 aromatic heterocycles. The van der Waals surface area contributed by atoms with Crippen molar-refractivity contribution in [2.75, 3.05) is 16.9 Å². The number of carbonyl (C=O) groups is 1. The van der Waals surface area contributed by atoms with Crippen LogP contribution in [0.2, 0.25) is 0 Å². The van der Waals surface area contributed by atoms with Gasteiger partial charge in [-0.25, -0.2) is 4.68 Å². The van der Waals surface area contributed by atoms with Gasteiger partial charge in [0.1, 0.15) is 0 Å². The van der Waals surface area contributed by atoms with Gasteiger partial charge >= 0.3 is 0 Å². The second kappa shape index (κ2) is 6.88. The van der Waals surface area contributed by atoms with Crippen molar-refractivity contribution in [1.82, 2.24) is 14.9 Å². The number of nitrogens with two attached hydrogens (primary N) is 1. The molecule has 7 nitrogen and oxygen atoms in total. The van der Waals surface area contributed by atoms with Gasteiger partial charge in [0.25, 0.3) is 0 Å². The van der Waals surface area contributed by atoms with Crippen LogP contribution in [-0.4, -0.2) is 26.5 Å². The summed E-state index contributed by atoms with van der Waals surface area (Å²) in [7, 11) is 0. The third-order valence-electron chi connectivity index (χ3n) is 2.85. The Balaban J connectivity index is 1.61. The van der Waals surface area contributed by atoms with Gasteiger partial charge in [0.15, 0.2) is 5.76 Å². The standard InChI is InChI=1S/C14H12BrN5O2S/c15-9-3-1-4-10(7-9)17-12(21)8-23-14-19-18-13(20(14)16)11-5-2-6-22-11/h1-7H,8,16H2,(H,17,21). The molecule has 0 radical (unpaired) electrons. The maximum atomic E-state index is 12.0. The zero-order valence-corrected chi connectivity index (χ0v) is 14.2. The lowest BCUT2D eigenvalue weighted by Gasteiger charge is -2.05. The van der Waals surface area contributed by atoms with E-state index in [1.54, 1.807) is 12.1 Å². The molecule has 118 valence electrons. The molecule has 1 amide bonds. The molecule has 0 aliphatic rings. The molecule has 0 unspecified atom stereocenters. The van der Waals surface area contributed by atoms with Gasteiger partial charge in [-0.2, -0.15) is 0 Å². The van der Waals surface area contributed by atoms with Gasteiger partial charge in [-0.15, -0.1) is 10.2 Å². The molecule has 0 saturated heterocycles. The Morgan fingerprint density at radius 3 is 2.96 bits per heavy atom. The van der Waals surface area contributed by atoms with Crippen LogP contribution >= 0.6 is 27.7 Å². The number of benzene rings is 1. The predicted octanol–water partition coefficient (Wildman–Crippen LogP) is 2.75. The quantitative estimate of drug-likeness (QED) is 0.510. The van der Waals surface area contributed by atoms with Crippen molar-refractivity contribution in [2.45, 2.75) is 5.16 Å². The molecule has 0 aliphatic carbocycles. The molecular formula is C14H12BrN5O2S. The summed E-state index contributed by atoms with van der Waals surface area (Å²) in [4.78, 5) is 12.0. The number of nitrogen functional groups attached to an aromatic ring is 1. The minimum Gasteiger partial charge on any atom is -0.461 e. The van der Waals surface area contributed by atoms with Crippen LogP contribution in [0.3, 0.4) is 0 Å². The van der Waals surface area contributed by atoms with Crippen molar-refractivity contribution in [3.8, 4) is 11.6 Å². The molecule has 0 fully saturated rings. The zero-order valence-electron chi connectivity index (χ0n) is 11.8. The molecule has 3 rings (SSSR count). The van der Waals surface area contributed by atoms with Crippen molar-refractivity contribution in [3.05, 3.63) is 47.1 Å². The summed E-state index contributed by atoms with van der Waals surface area (Å²) in [5.41, 5.74) is 0.718. The van der Waals surface area contributed by atoms with E-state index in [1.165, 1.54) is 22.7 Å². The predicted molar refractivity (Wildman–Crippen MR) is 91.4 cm³/mol. The number of furan rings is 1. The normalized spacial score (nSPS) is 10.7. The first-order chi connectivity index (χ1) is 11.1. The summed E-state index contributed by atoms with van der Waals surface area (Å²) in [5.74, 6) is 6.86. The Hall–Kier alpha value is -2.26. The fourth-order valence-corrected chi connectivity index (χ4v) is 2.90. The van der Waals surface area contributed by atoms with Crippen molar-refractivity contribution in [1.29, 1.82) is 0 Å². The van der Waals surface area contributed by atoms with Crippen LogP contribution in [0.5, 0.6) is 0 Å². The van der Waals surface area contributed by atoms with Crippen LogP contribution in [0.1, 0.15) is 0 Å². The fraction of sp³-hybridized carbons (Fsp3) is 0.0714. The number of amides is 1. The van der Waals surface area contributed by atoms with Gasteiger partial charge in [0, 0.05) is 10.2 Å². The second-order valence-corrected chi connectivity index (χ2v) is 6.36. The van der Waals surface area contributed by atoms with Crippen LogP contribution in [-0.2, 0) is 4.79 Å². The first-order valence-electron chi connectivity index (χ1n) is 6.56. The molecule has 23 heavy (non-hydrogen) atoms. The molecule has 9 heteroatoms. The minimum atomic E-state index is -0.157. The summed E-state index contributed by atoms with van der Waals surface area (Å²) in [5, 5.41) is 11.2.